The quantitative estimate of drug-likeness (QED) is 0.557. The number of nitrogens with one attached hydrogen (secondary N) is 2. The number of nitrogens with zero attached hydrogens (tertiary/aromatic N) is 2. The Labute approximate surface area is 175 Å². The molecule has 2 aliphatic rings. The predicted molar refractivity (Wildman–Crippen MR) is 121 cm³/mol. The molecule has 1 saturated carbocycles. The third kappa shape index (κ3) is 5.83. The fourth-order valence-electron chi connectivity index (χ4n) is 4.36. The van der Waals surface area contributed by atoms with Gasteiger partial charge >= 0.3 is 0 Å². The van der Waals surface area contributed by atoms with Gasteiger partial charge in [0.25, 0.3) is 0 Å². The van der Waals surface area contributed by atoms with Crippen LogP contribution in [-0.4, -0.2) is 43.6 Å². The molecule has 154 valence electrons. The standard InChI is InChI=1S/C25H34N4/c1-26-24(27-20-25(14-15-25)18-21-8-4-2-5-9-21)28-23-12-16-29(17-13-23)19-22-10-6-3-7-11-22/h2-11,23H,12-20H2,1H3,(H2,26,27,28). The highest BCUT2D eigenvalue weighted by atomic mass is 15.2. The summed E-state index contributed by atoms with van der Waals surface area (Å²) in [6, 6.07) is 22.2. The van der Waals surface area contributed by atoms with Gasteiger partial charge in [-0.25, -0.2) is 0 Å². The Morgan fingerprint density at radius 1 is 0.966 bits per heavy atom. The lowest BCUT2D eigenvalue weighted by Gasteiger charge is -2.33. The predicted octanol–water partition coefficient (Wildman–Crippen LogP) is 3.84. The zero-order chi connectivity index (χ0) is 19.9. The Kier molecular flexibility index (Phi) is 6.50. The maximum absolute atomic E-state index is 4.49. The SMILES string of the molecule is CN=C(NCC1(Cc2ccccc2)CC1)NC1CCN(Cc2ccccc2)CC1. The van der Waals surface area contributed by atoms with Crippen LogP contribution in [0.4, 0.5) is 0 Å². The van der Waals surface area contributed by atoms with Crippen molar-refractivity contribution in [2.75, 3.05) is 26.7 Å². The van der Waals surface area contributed by atoms with Gasteiger partial charge in [0.15, 0.2) is 5.96 Å². The molecule has 0 atom stereocenters. The largest absolute Gasteiger partial charge is 0.356 e. The topological polar surface area (TPSA) is 39.7 Å². The molecular formula is C25H34N4. The van der Waals surface area contributed by atoms with Gasteiger partial charge in [0, 0.05) is 39.3 Å². The van der Waals surface area contributed by atoms with Crippen molar-refractivity contribution >= 4 is 5.96 Å². The number of benzene rings is 2. The third-order valence-electron chi connectivity index (χ3n) is 6.41. The van der Waals surface area contributed by atoms with Gasteiger partial charge in [-0.05, 0) is 48.6 Å². The van der Waals surface area contributed by atoms with E-state index in [0.717, 1.165) is 38.6 Å². The Morgan fingerprint density at radius 2 is 1.59 bits per heavy atom. The molecule has 1 aliphatic carbocycles. The lowest BCUT2D eigenvalue weighted by Crippen LogP contribution is -2.49. The second-order valence-corrected chi connectivity index (χ2v) is 8.77. The van der Waals surface area contributed by atoms with E-state index in [2.05, 4.69) is 81.2 Å². The second-order valence-electron chi connectivity index (χ2n) is 8.77. The molecule has 2 fully saturated rings. The van der Waals surface area contributed by atoms with E-state index in [1.165, 1.54) is 36.8 Å². The van der Waals surface area contributed by atoms with Crippen LogP contribution in [0.25, 0.3) is 0 Å². The number of likely N-dealkylation sites (tertiary alicyclic amines) is 1. The summed E-state index contributed by atoms with van der Waals surface area (Å²) in [4.78, 5) is 7.05. The van der Waals surface area contributed by atoms with Gasteiger partial charge in [-0.3, -0.25) is 9.89 Å². The van der Waals surface area contributed by atoms with E-state index >= 15 is 0 Å². The van der Waals surface area contributed by atoms with Gasteiger partial charge in [-0.1, -0.05) is 60.7 Å². The van der Waals surface area contributed by atoms with Crippen molar-refractivity contribution in [1.29, 1.82) is 0 Å². The molecule has 1 aliphatic heterocycles. The molecule has 2 aromatic rings. The lowest BCUT2D eigenvalue weighted by atomic mass is 9.96. The van der Waals surface area contributed by atoms with Crippen LogP contribution in [0.1, 0.15) is 36.8 Å². The molecule has 0 spiro atoms. The fourth-order valence-corrected chi connectivity index (χ4v) is 4.36. The summed E-state index contributed by atoms with van der Waals surface area (Å²) in [7, 11) is 1.89. The third-order valence-corrected chi connectivity index (χ3v) is 6.41. The molecule has 2 aromatic carbocycles. The molecule has 4 rings (SSSR count). The summed E-state index contributed by atoms with van der Waals surface area (Å²) in [5, 5.41) is 7.28. The molecule has 29 heavy (non-hydrogen) atoms. The van der Waals surface area contributed by atoms with Crippen LogP contribution in [0.2, 0.25) is 0 Å². The first-order valence-corrected chi connectivity index (χ1v) is 11.0. The molecule has 0 aromatic heterocycles. The normalized spacial score (nSPS) is 19.7. The summed E-state index contributed by atoms with van der Waals surface area (Å²) in [6.07, 6.45) is 6.12. The Hall–Kier alpha value is -2.33. The molecule has 4 heteroatoms. The van der Waals surface area contributed by atoms with Crippen molar-refractivity contribution in [3.63, 3.8) is 0 Å². The van der Waals surface area contributed by atoms with Crippen LogP contribution < -0.4 is 10.6 Å². The van der Waals surface area contributed by atoms with E-state index in [0.29, 0.717) is 11.5 Å². The van der Waals surface area contributed by atoms with Crippen molar-refractivity contribution in [3.05, 3.63) is 71.8 Å². The monoisotopic (exact) mass is 390 g/mol. The van der Waals surface area contributed by atoms with E-state index < -0.39 is 0 Å². The van der Waals surface area contributed by atoms with Crippen LogP contribution in [-0.2, 0) is 13.0 Å². The summed E-state index contributed by atoms with van der Waals surface area (Å²) >= 11 is 0. The number of piperidine rings is 1. The molecule has 1 saturated heterocycles. The van der Waals surface area contributed by atoms with Gasteiger partial charge in [0.05, 0.1) is 0 Å². The van der Waals surface area contributed by atoms with E-state index in [9.17, 15) is 0 Å². The number of rotatable bonds is 7. The fraction of sp³-hybridized carbons (Fsp3) is 0.480. The minimum absolute atomic E-state index is 0.415. The number of guanidine groups is 1. The van der Waals surface area contributed by atoms with E-state index in [-0.39, 0.29) is 0 Å². The lowest BCUT2D eigenvalue weighted by molar-refractivity contribution is 0.198. The van der Waals surface area contributed by atoms with Crippen molar-refractivity contribution in [2.45, 2.75) is 44.7 Å². The molecule has 0 radical (unpaired) electrons. The Morgan fingerprint density at radius 3 is 2.17 bits per heavy atom. The van der Waals surface area contributed by atoms with Gasteiger partial charge in [-0.2, -0.15) is 0 Å². The van der Waals surface area contributed by atoms with Crippen LogP contribution >= 0.6 is 0 Å². The first-order valence-electron chi connectivity index (χ1n) is 11.0. The van der Waals surface area contributed by atoms with Crippen molar-refractivity contribution in [1.82, 2.24) is 15.5 Å². The second kappa shape index (κ2) is 9.45. The molecule has 2 N–H and O–H groups in total. The molecule has 0 unspecified atom stereocenters. The first kappa shape index (κ1) is 20.0. The minimum Gasteiger partial charge on any atom is -0.356 e. The molecule has 0 bridgehead atoms. The average Bonchev–Trinajstić information content (AvgIpc) is 3.53. The van der Waals surface area contributed by atoms with Crippen molar-refractivity contribution in [3.8, 4) is 0 Å². The maximum atomic E-state index is 4.49. The Bertz CT molecular complexity index is 775. The van der Waals surface area contributed by atoms with E-state index in [4.69, 9.17) is 0 Å². The average molecular weight is 391 g/mol. The summed E-state index contributed by atoms with van der Waals surface area (Å²) in [5.41, 5.74) is 3.27. The first-order chi connectivity index (χ1) is 14.2. The highest BCUT2D eigenvalue weighted by Crippen LogP contribution is 2.47. The van der Waals surface area contributed by atoms with Crippen LogP contribution in [0.15, 0.2) is 65.7 Å². The van der Waals surface area contributed by atoms with E-state index in [1.807, 2.05) is 7.05 Å². The smallest absolute Gasteiger partial charge is 0.191 e. The number of hydrogen-bond acceptors (Lipinski definition) is 2. The van der Waals surface area contributed by atoms with E-state index in [1.54, 1.807) is 0 Å². The molecule has 0 amide bonds. The highest BCUT2D eigenvalue weighted by molar-refractivity contribution is 5.80. The zero-order valence-corrected chi connectivity index (χ0v) is 17.6. The Balaban J connectivity index is 1.20. The highest BCUT2D eigenvalue weighted by Gasteiger charge is 2.42. The van der Waals surface area contributed by atoms with Crippen LogP contribution in [0.3, 0.4) is 0 Å². The zero-order valence-electron chi connectivity index (χ0n) is 17.6. The summed E-state index contributed by atoms with van der Waals surface area (Å²) in [5.74, 6) is 0.964. The molecule has 1 heterocycles. The van der Waals surface area contributed by atoms with Crippen molar-refractivity contribution in [2.24, 2.45) is 10.4 Å². The van der Waals surface area contributed by atoms with Gasteiger partial charge < -0.3 is 10.6 Å². The minimum atomic E-state index is 0.415. The number of hydrogen-bond donors (Lipinski definition) is 2. The summed E-state index contributed by atoms with van der Waals surface area (Å²) in [6.45, 7) is 4.35. The van der Waals surface area contributed by atoms with Crippen molar-refractivity contribution < 1.29 is 0 Å². The molecule has 4 nitrogen and oxygen atoms in total. The summed E-state index contributed by atoms with van der Waals surface area (Å²) < 4.78 is 0. The number of aliphatic imine (C=N–C) groups is 1. The van der Waals surface area contributed by atoms with Gasteiger partial charge in [0.1, 0.15) is 0 Å². The van der Waals surface area contributed by atoms with Crippen LogP contribution in [0, 0.1) is 5.41 Å². The van der Waals surface area contributed by atoms with Crippen LogP contribution in [0.5, 0.6) is 0 Å². The van der Waals surface area contributed by atoms with Gasteiger partial charge in [-0.15, -0.1) is 0 Å². The molecular weight excluding hydrogens is 356 g/mol. The van der Waals surface area contributed by atoms with Gasteiger partial charge in [0.2, 0.25) is 0 Å². The maximum Gasteiger partial charge on any atom is 0.191 e.